The first kappa shape index (κ1) is 21.8. The zero-order valence-electron chi connectivity index (χ0n) is 18.7. The van der Waals surface area contributed by atoms with Crippen molar-refractivity contribution < 1.29 is 23.9 Å². The number of ketones is 1. The third-order valence-corrected chi connectivity index (χ3v) is 6.37. The third kappa shape index (κ3) is 3.49. The topological polar surface area (TPSA) is 81.7 Å². The van der Waals surface area contributed by atoms with Crippen molar-refractivity contribution in [3.8, 4) is 0 Å². The molecule has 6 nitrogen and oxygen atoms in total. The largest absolute Gasteiger partial charge is 0.468 e. The molecule has 0 aromatic heterocycles. The molecule has 1 heterocycles. The van der Waals surface area contributed by atoms with E-state index in [-0.39, 0.29) is 18.3 Å². The highest BCUT2D eigenvalue weighted by atomic mass is 16.5. The fourth-order valence-corrected chi connectivity index (χ4v) is 4.97. The summed E-state index contributed by atoms with van der Waals surface area (Å²) in [5, 5.41) is 5.23. The maximum Gasteiger partial charge on any atom is 0.336 e. The van der Waals surface area contributed by atoms with Crippen LogP contribution in [-0.2, 0) is 23.9 Å². The number of allylic oxidation sites excluding steroid dienone is 3. The van der Waals surface area contributed by atoms with Gasteiger partial charge in [0, 0.05) is 22.9 Å². The number of dihydropyridines is 1. The number of benzene rings is 2. The SMILES string of the molecule is CCOC(=O)C1=C(C)NC2=C(C(=O)[C@H](C(=O)OC)[C@@H](C)C2)[C@H]1c1cccc2ccccc12. The number of hydrogen-bond acceptors (Lipinski definition) is 6. The number of Topliss-reactive ketones (excluding diaryl/α,β-unsaturated/α-hetero) is 1. The predicted molar refractivity (Wildman–Crippen MR) is 120 cm³/mol. The van der Waals surface area contributed by atoms with Crippen molar-refractivity contribution in [2.75, 3.05) is 13.7 Å². The molecule has 1 N–H and O–H groups in total. The zero-order chi connectivity index (χ0) is 23.0. The lowest BCUT2D eigenvalue weighted by molar-refractivity contribution is -0.151. The van der Waals surface area contributed by atoms with Gasteiger partial charge in [-0.05, 0) is 42.5 Å². The number of fused-ring (bicyclic) bond motifs is 1. The Morgan fingerprint density at radius 3 is 2.56 bits per heavy atom. The standard InChI is InChI=1S/C26H27NO5/c1-5-32-26(30)21-15(3)27-19-13-14(2)20(25(29)31-4)24(28)23(19)22(21)18-12-8-10-16-9-6-7-11-17(16)18/h6-12,14,20,22,27H,5,13H2,1-4H3/t14-,20+,22-/m0/s1. The summed E-state index contributed by atoms with van der Waals surface area (Å²) >= 11 is 0. The molecule has 4 rings (SSSR count). The van der Waals surface area contributed by atoms with Gasteiger partial charge in [-0.25, -0.2) is 4.79 Å². The van der Waals surface area contributed by atoms with Crippen LogP contribution in [0.3, 0.4) is 0 Å². The van der Waals surface area contributed by atoms with Gasteiger partial charge < -0.3 is 14.8 Å². The Labute approximate surface area is 187 Å². The Kier molecular flexibility index (Phi) is 5.87. The molecular weight excluding hydrogens is 406 g/mol. The summed E-state index contributed by atoms with van der Waals surface area (Å²) in [5.74, 6) is -3.07. The van der Waals surface area contributed by atoms with Crippen molar-refractivity contribution in [1.82, 2.24) is 5.32 Å². The summed E-state index contributed by atoms with van der Waals surface area (Å²) in [6.07, 6.45) is 0.509. The molecule has 0 saturated carbocycles. The molecule has 0 saturated heterocycles. The van der Waals surface area contributed by atoms with E-state index in [0.717, 1.165) is 22.0 Å². The first-order valence-electron chi connectivity index (χ1n) is 10.9. The van der Waals surface area contributed by atoms with E-state index < -0.39 is 23.8 Å². The van der Waals surface area contributed by atoms with Crippen LogP contribution in [0.2, 0.25) is 0 Å². The van der Waals surface area contributed by atoms with Crippen LogP contribution in [0.5, 0.6) is 0 Å². The van der Waals surface area contributed by atoms with Crippen LogP contribution < -0.4 is 5.32 Å². The van der Waals surface area contributed by atoms with Gasteiger partial charge in [-0.3, -0.25) is 9.59 Å². The minimum atomic E-state index is -0.903. The highest BCUT2D eigenvalue weighted by molar-refractivity contribution is 6.13. The molecule has 0 spiro atoms. The Morgan fingerprint density at radius 1 is 1.12 bits per heavy atom. The summed E-state index contributed by atoms with van der Waals surface area (Å²) in [7, 11) is 1.29. The second-order valence-electron chi connectivity index (χ2n) is 8.32. The van der Waals surface area contributed by atoms with E-state index in [1.54, 1.807) is 6.92 Å². The minimum absolute atomic E-state index is 0.216. The maximum absolute atomic E-state index is 13.7. The number of esters is 2. The Morgan fingerprint density at radius 2 is 1.84 bits per heavy atom. The van der Waals surface area contributed by atoms with Gasteiger partial charge >= 0.3 is 11.9 Å². The van der Waals surface area contributed by atoms with E-state index in [4.69, 9.17) is 9.47 Å². The molecule has 2 aromatic rings. The zero-order valence-corrected chi connectivity index (χ0v) is 18.7. The molecule has 2 aromatic carbocycles. The summed E-state index contributed by atoms with van der Waals surface area (Å²) in [5.41, 5.74) is 3.10. The van der Waals surface area contributed by atoms with E-state index in [9.17, 15) is 14.4 Å². The average molecular weight is 434 g/mol. The second kappa shape index (κ2) is 8.61. The Bertz CT molecular complexity index is 1170. The fraction of sp³-hybridized carbons (Fsp3) is 0.346. The molecule has 0 amide bonds. The number of carbonyl (C=O) groups is 3. The number of nitrogens with one attached hydrogen (secondary N) is 1. The highest BCUT2D eigenvalue weighted by Gasteiger charge is 2.47. The fourth-order valence-electron chi connectivity index (χ4n) is 4.97. The molecule has 0 bridgehead atoms. The van der Waals surface area contributed by atoms with Crippen molar-refractivity contribution in [3.05, 3.63) is 70.6 Å². The summed E-state index contributed by atoms with van der Waals surface area (Å²) in [6, 6.07) is 13.7. The molecule has 0 unspecified atom stereocenters. The van der Waals surface area contributed by atoms with Crippen LogP contribution in [0, 0.1) is 11.8 Å². The maximum atomic E-state index is 13.7. The second-order valence-corrected chi connectivity index (χ2v) is 8.32. The summed E-state index contributed by atoms with van der Waals surface area (Å²) in [4.78, 5) is 39.4. The third-order valence-electron chi connectivity index (χ3n) is 6.37. The summed E-state index contributed by atoms with van der Waals surface area (Å²) < 4.78 is 10.3. The molecule has 1 aliphatic heterocycles. The van der Waals surface area contributed by atoms with Crippen LogP contribution in [0.25, 0.3) is 10.8 Å². The van der Waals surface area contributed by atoms with Gasteiger partial charge in [0.1, 0.15) is 5.92 Å². The van der Waals surface area contributed by atoms with Crippen molar-refractivity contribution in [1.29, 1.82) is 0 Å². The Balaban J connectivity index is 1.97. The Hall–Kier alpha value is -3.41. The smallest absolute Gasteiger partial charge is 0.336 e. The average Bonchev–Trinajstić information content (AvgIpc) is 2.77. The number of rotatable bonds is 4. The van der Waals surface area contributed by atoms with Crippen LogP contribution in [0.15, 0.2) is 65.0 Å². The van der Waals surface area contributed by atoms with Gasteiger partial charge in [0.2, 0.25) is 0 Å². The molecule has 32 heavy (non-hydrogen) atoms. The lowest BCUT2D eigenvalue weighted by Crippen LogP contribution is -2.43. The van der Waals surface area contributed by atoms with Gasteiger partial charge in [-0.15, -0.1) is 0 Å². The molecular formula is C26H27NO5. The van der Waals surface area contributed by atoms with Crippen LogP contribution in [0.4, 0.5) is 0 Å². The molecule has 166 valence electrons. The van der Waals surface area contributed by atoms with Crippen molar-refractivity contribution in [2.24, 2.45) is 11.8 Å². The molecule has 0 radical (unpaired) electrons. The molecule has 3 atom stereocenters. The van der Waals surface area contributed by atoms with Gasteiger partial charge in [-0.1, -0.05) is 49.4 Å². The molecule has 6 heteroatoms. The van der Waals surface area contributed by atoms with Gasteiger partial charge in [-0.2, -0.15) is 0 Å². The number of methoxy groups -OCH3 is 1. The van der Waals surface area contributed by atoms with E-state index in [1.807, 2.05) is 56.3 Å². The number of carbonyl (C=O) groups excluding carboxylic acids is 3. The lowest BCUT2D eigenvalue weighted by atomic mass is 9.68. The number of ether oxygens (including phenoxy) is 2. The van der Waals surface area contributed by atoms with Gasteiger partial charge in [0.05, 0.1) is 19.3 Å². The predicted octanol–water partition coefficient (Wildman–Crippen LogP) is 4.02. The minimum Gasteiger partial charge on any atom is -0.468 e. The molecule has 0 fully saturated rings. The van der Waals surface area contributed by atoms with E-state index in [2.05, 4.69) is 5.32 Å². The van der Waals surface area contributed by atoms with E-state index in [0.29, 0.717) is 23.3 Å². The highest BCUT2D eigenvalue weighted by Crippen LogP contribution is 2.46. The van der Waals surface area contributed by atoms with Crippen LogP contribution >= 0.6 is 0 Å². The van der Waals surface area contributed by atoms with Gasteiger partial charge in [0.25, 0.3) is 0 Å². The van der Waals surface area contributed by atoms with Crippen molar-refractivity contribution in [3.63, 3.8) is 0 Å². The van der Waals surface area contributed by atoms with E-state index >= 15 is 0 Å². The monoisotopic (exact) mass is 433 g/mol. The molecule has 2 aliphatic rings. The lowest BCUT2D eigenvalue weighted by Gasteiger charge is -2.38. The quantitative estimate of drug-likeness (QED) is 0.579. The normalized spacial score (nSPS) is 23.0. The van der Waals surface area contributed by atoms with Crippen molar-refractivity contribution in [2.45, 2.75) is 33.1 Å². The summed E-state index contributed by atoms with van der Waals surface area (Å²) in [6.45, 7) is 5.68. The van der Waals surface area contributed by atoms with Crippen LogP contribution in [-0.4, -0.2) is 31.4 Å². The van der Waals surface area contributed by atoms with Crippen LogP contribution in [0.1, 0.15) is 38.7 Å². The number of hydrogen-bond donors (Lipinski definition) is 1. The van der Waals surface area contributed by atoms with Gasteiger partial charge in [0.15, 0.2) is 5.78 Å². The first-order chi connectivity index (χ1) is 15.4. The first-order valence-corrected chi connectivity index (χ1v) is 10.9. The van der Waals surface area contributed by atoms with E-state index in [1.165, 1.54) is 7.11 Å². The molecule has 1 aliphatic carbocycles. The van der Waals surface area contributed by atoms with Crippen molar-refractivity contribution >= 4 is 28.5 Å².